The maximum Gasteiger partial charge on any atom is 0.309 e. The van der Waals surface area contributed by atoms with E-state index in [1.807, 2.05) is 38.1 Å². The molecule has 1 aliphatic rings. The van der Waals surface area contributed by atoms with E-state index in [1.165, 1.54) is 4.31 Å². The van der Waals surface area contributed by atoms with Crippen molar-refractivity contribution >= 4 is 26.9 Å². The quantitative estimate of drug-likeness (QED) is 0.602. The predicted molar refractivity (Wildman–Crippen MR) is 116 cm³/mol. The van der Waals surface area contributed by atoms with Crippen LogP contribution in [-0.4, -0.2) is 53.3 Å². The number of para-hydroxylation sites is 1. The SMILES string of the molecule is CCOc1ccc(S(=O)(=O)N2C[C@@H](C)[C@@H](n3nc(CC(=O)O)c4ccccc43)C2)cc1. The molecule has 164 valence electrons. The summed E-state index contributed by atoms with van der Waals surface area (Å²) in [6.45, 7) is 5.01. The van der Waals surface area contributed by atoms with E-state index in [1.54, 1.807) is 28.9 Å². The lowest BCUT2D eigenvalue weighted by atomic mass is 10.1. The summed E-state index contributed by atoms with van der Waals surface area (Å²) in [4.78, 5) is 11.5. The Kier molecular flexibility index (Phi) is 5.72. The summed E-state index contributed by atoms with van der Waals surface area (Å²) in [6, 6.07) is 13.7. The van der Waals surface area contributed by atoms with E-state index >= 15 is 0 Å². The van der Waals surface area contributed by atoms with E-state index in [0.717, 1.165) is 10.9 Å². The van der Waals surface area contributed by atoms with Gasteiger partial charge in [0, 0.05) is 18.5 Å². The number of carboxylic acids is 1. The van der Waals surface area contributed by atoms with E-state index in [4.69, 9.17) is 4.74 Å². The van der Waals surface area contributed by atoms with Crippen molar-refractivity contribution in [1.82, 2.24) is 14.1 Å². The third-order valence-corrected chi connectivity index (χ3v) is 7.48. The zero-order chi connectivity index (χ0) is 22.2. The first-order chi connectivity index (χ1) is 14.8. The maximum absolute atomic E-state index is 13.2. The summed E-state index contributed by atoms with van der Waals surface area (Å²) < 4.78 is 35.1. The average molecular weight is 444 g/mol. The molecular weight excluding hydrogens is 418 g/mol. The third kappa shape index (κ3) is 4.03. The number of ether oxygens (including phenoxy) is 1. The minimum atomic E-state index is -3.67. The first-order valence-electron chi connectivity index (χ1n) is 10.2. The molecule has 31 heavy (non-hydrogen) atoms. The molecule has 9 heteroatoms. The topological polar surface area (TPSA) is 102 Å². The highest BCUT2D eigenvalue weighted by Crippen LogP contribution is 2.34. The lowest BCUT2D eigenvalue weighted by molar-refractivity contribution is -0.136. The fourth-order valence-electron chi connectivity index (χ4n) is 4.13. The van der Waals surface area contributed by atoms with Crippen molar-refractivity contribution in [2.75, 3.05) is 19.7 Å². The van der Waals surface area contributed by atoms with Crippen LogP contribution >= 0.6 is 0 Å². The molecule has 4 rings (SSSR count). The van der Waals surface area contributed by atoms with Gasteiger partial charge in [-0.15, -0.1) is 0 Å². The molecule has 1 saturated heterocycles. The predicted octanol–water partition coefficient (Wildman–Crippen LogP) is 2.94. The lowest BCUT2D eigenvalue weighted by Crippen LogP contribution is -2.29. The van der Waals surface area contributed by atoms with Crippen molar-refractivity contribution in [1.29, 1.82) is 0 Å². The number of sulfonamides is 1. The second-order valence-electron chi connectivity index (χ2n) is 7.75. The molecule has 0 aliphatic carbocycles. The summed E-state index contributed by atoms with van der Waals surface area (Å²) >= 11 is 0. The number of rotatable bonds is 7. The number of aromatic nitrogens is 2. The van der Waals surface area contributed by atoms with Crippen LogP contribution in [0.15, 0.2) is 53.4 Å². The van der Waals surface area contributed by atoms with Gasteiger partial charge in [-0.05, 0) is 43.2 Å². The second kappa shape index (κ2) is 8.32. The van der Waals surface area contributed by atoms with Gasteiger partial charge in [-0.25, -0.2) is 8.42 Å². The van der Waals surface area contributed by atoms with E-state index in [2.05, 4.69) is 5.10 Å². The van der Waals surface area contributed by atoms with Crippen molar-refractivity contribution in [3.05, 3.63) is 54.2 Å². The molecule has 0 amide bonds. The van der Waals surface area contributed by atoms with Crippen molar-refractivity contribution in [3.63, 3.8) is 0 Å². The number of aliphatic carboxylic acids is 1. The van der Waals surface area contributed by atoms with Gasteiger partial charge >= 0.3 is 5.97 Å². The maximum atomic E-state index is 13.2. The molecule has 8 nitrogen and oxygen atoms in total. The molecule has 0 saturated carbocycles. The highest BCUT2D eigenvalue weighted by atomic mass is 32.2. The molecule has 0 spiro atoms. The van der Waals surface area contributed by atoms with Gasteiger partial charge in [-0.3, -0.25) is 9.48 Å². The minimum absolute atomic E-state index is 0.0125. The summed E-state index contributed by atoms with van der Waals surface area (Å²) in [5, 5.41) is 14.6. The van der Waals surface area contributed by atoms with Gasteiger partial charge in [0.05, 0.1) is 35.2 Å². The summed E-state index contributed by atoms with van der Waals surface area (Å²) in [7, 11) is -3.67. The molecule has 1 aromatic heterocycles. The zero-order valence-corrected chi connectivity index (χ0v) is 18.2. The summed E-state index contributed by atoms with van der Waals surface area (Å²) in [5.41, 5.74) is 1.30. The van der Waals surface area contributed by atoms with E-state index in [0.29, 0.717) is 24.6 Å². The molecule has 0 bridgehead atoms. The number of hydrogen-bond acceptors (Lipinski definition) is 5. The van der Waals surface area contributed by atoms with Crippen LogP contribution in [0.5, 0.6) is 5.75 Å². The second-order valence-corrected chi connectivity index (χ2v) is 9.69. The fraction of sp³-hybridized carbons (Fsp3) is 0.364. The molecule has 1 fully saturated rings. The van der Waals surface area contributed by atoms with Gasteiger partial charge in [-0.2, -0.15) is 9.40 Å². The zero-order valence-electron chi connectivity index (χ0n) is 17.4. The van der Waals surface area contributed by atoms with E-state index < -0.39 is 16.0 Å². The Balaban J connectivity index is 1.64. The fourth-order valence-corrected chi connectivity index (χ4v) is 5.68. The molecular formula is C22H25N3O5S. The standard InChI is InChI=1S/C22H25N3O5S/c1-3-30-16-8-10-17(11-9-16)31(28,29)24-13-15(2)21(14-24)25-20-7-5-4-6-18(20)19(23-25)12-22(26)27/h4-11,15,21H,3,12-14H2,1-2H3,(H,26,27)/t15-,21+/m1/s1. The average Bonchev–Trinajstić information content (AvgIpc) is 3.29. The largest absolute Gasteiger partial charge is 0.494 e. The number of carboxylic acid groups (broad SMARTS) is 1. The highest BCUT2D eigenvalue weighted by Gasteiger charge is 2.39. The Bertz CT molecular complexity index is 1200. The van der Waals surface area contributed by atoms with Crippen LogP contribution in [-0.2, 0) is 21.2 Å². The molecule has 1 N–H and O–H groups in total. The Hall–Kier alpha value is -2.91. The van der Waals surface area contributed by atoms with Crippen LogP contribution in [0, 0.1) is 5.92 Å². The van der Waals surface area contributed by atoms with Crippen LogP contribution in [0.2, 0.25) is 0 Å². The molecule has 0 unspecified atom stereocenters. The van der Waals surface area contributed by atoms with E-state index in [9.17, 15) is 18.3 Å². The molecule has 2 heterocycles. The van der Waals surface area contributed by atoms with Crippen molar-refractivity contribution in [2.24, 2.45) is 5.92 Å². The first-order valence-corrected chi connectivity index (χ1v) is 11.7. The number of fused-ring (bicyclic) bond motifs is 1. The molecule has 1 aliphatic heterocycles. The molecule has 2 aromatic carbocycles. The Morgan fingerprint density at radius 3 is 2.55 bits per heavy atom. The van der Waals surface area contributed by atoms with Gasteiger partial charge in [0.1, 0.15) is 5.75 Å². The molecule has 3 aromatic rings. The van der Waals surface area contributed by atoms with Gasteiger partial charge in [0.25, 0.3) is 0 Å². The van der Waals surface area contributed by atoms with Crippen LogP contribution < -0.4 is 4.74 Å². The van der Waals surface area contributed by atoms with Gasteiger partial charge in [-0.1, -0.05) is 25.1 Å². The monoisotopic (exact) mass is 443 g/mol. The van der Waals surface area contributed by atoms with Crippen LogP contribution in [0.4, 0.5) is 0 Å². The van der Waals surface area contributed by atoms with Crippen LogP contribution in [0.3, 0.4) is 0 Å². The number of hydrogen-bond donors (Lipinski definition) is 1. The van der Waals surface area contributed by atoms with Gasteiger partial charge in [0.15, 0.2) is 0 Å². The molecule has 0 radical (unpaired) electrons. The normalized spacial score (nSPS) is 19.7. The van der Waals surface area contributed by atoms with E-state index in [-0.39, 0.29) is 29.8 Å². The Morgan fingerprint density at radius 1 is 1.16 bits per heavy atom. The third-order valence-electron chi connectivity index (χ3n) is 5.63. The summed E-state index contributed by atoms with van der Waals surface area (Å²) in [6.07, 6.45) is -0.178. The number of benzene rings is 2. The molecule has 2 atom stereocenters. The summed E-state index contributed by atoms with van der Waals surface area (Å²) in [5.74, 6) is -0.309. The highest BCUT2D eigenvalue weighted by molar-refractivity contribution is 7.89. The number of nitrogens with zero attached hydrogens (tertiary/aromatic N) is 3. The van der Waals surface area contributed by atoms with Crippen molar-refractivity contribution in [3.8, 4) is 5.75 Å². The Labute approximate surface area is 181 Å². The first kappa shape index (κ1) is 21.3. The number of carbonyl (C=O) groups is 1. The van der Waals surface area contributed by atoms with Crippen molar-refractivity contribution < 1.29 is 23.1 Å². The lowest BCUT2D eigenvalue weighted by Gasteiger charge is -2.18. The van der Waals surface area contributed by atoms with Crippen LogP contribution in [0.1, 0.15) is 25.6 Å². The van der Waals surface area contributed by atoms with Gasteiger partial charge < -0.3 is 9.84 Å². The smallest absolute Gasteiger partial charge is 0.309 e. The van der Waals surface area contributed by atoms with Crippen LogP contribution in [0.25, 0.3) is 10.9 Å². The van der Waals surface area contributed by atoms with Gasteiger partial charge in [0.2, 0.25) is 10.0 Å². The van der Waals surface area contributed by atoms with Crippen molar-refractivity contribution in [2.45, 2.75) is 31.2 Å². The minimum Gasteiger partial charge on any atom is -0.494 e. The Morgan fingerprint density at radius 2 is 1.87 bits per heavy atom.